The Morgan fingerprint density at radius 3 is 2.25 bits per heavy atom. The second-order valence-corrected chi connectivity index (χ2v) is 8.65. The molecular weight excluding hydrogens is 443 g/mol. The number of hydrogen-bond donors (Lipinski definition) is 2. The SMILES string of the molecule is CN=C(NCCS(=O)(=O)N1CC(C)OC(C)C1)NC(C)C(C)C.I. The van der Waals surface area contributed by atoms with Crippen LogP contribution in [0.1, 0.15) is 34.6 Å². The van der Waals surface area contributed by atoms with Crippen molar-refractivity contribution < 1.29 is 13.2 Å². The quantitative estimate of drug-likeness (QED) is 0.343. The molecule has 1 rings (SSSR count). The summed E-state index contributed by atoms with van der Waals surface area (Å²) in [5.41, 5.74) is 0. The van der Waals surface area contributed by atoms with Crippen LogP contribution in [0.25, 0.3) is 0 Å². The number of halogens is 1. The average molecular weight is 476 g/mol. The van der Waals surface area contributed by atoms with Crippen molar-refractivity contribution >= 4 is 40.0 Å². The van der Waals surface area contributed by atoms with Gasteiger partial charge in [0, 0.05) is 32.7 Å². The number of guanidine groups is 1. The number of sulfonamides is 1. The van der Waals surface area contributed by atoms with Gasteiger partial charge >= 0.3 is 0 Å². The topological polar surface area (TPSA) is 83.0 Å². The lowest BCUT2D eigenvalue weighted by atomic mass is 10.1. The largest absolute Gasteiger partial charge is 0.373 e. The van der Waals surface area contributed by atoms with E-state index >= 15 is 0 Å². The second-order valence-electron chi connectivity index (χ2n) is 6.57. The Labute approximate surface area is 164 Å². The summed E-state index contributed by atoms with van der Waals surface area (Å²) in [5.74, 6) is 1.14. The van der Waals surface area contributed by atoms with Gasteiger partial charge in [0.2, 0.25) is 10.0 Å². The van der Waals surface area contributed by atoms with Gasteiger partial charge in [0.25, 0.3) is 0 Å². The van der Waals surface area contributed by atoms with Crippen LogP contribution in [0.15, 0.2) is 4.99 Å². The first-order chi connectivity index (χ1) is 10.7. The predicted octanol–water partition coefficient (Wildman–Crippen LogP) is 1.25. The van der Waals surface area contributed by atoms with Crippen molar-refractivity contribution in [3.8, 4) is 0 Å². The first-order valence-corrected chi connectivity index (χ1v) is 9.87. The second kappa shape index (κ2) is 10.8. The van der Waals surface area contributed by atoms with Gasteiger partial charge in [-0.25, -0.2) is 8.42 Å². The molecule has 1 saturated heterocycles. The smallest absolute Gasteiger partial charge is 0.216 e. The molecule has 0 aromatic heterocycles. The van der Waals surface area contributed by atoms with Crippen molar-refractivity contribution in [3.05, 3.63) is 0 Å². The number of morpholine rings is 1. The Bertz CT molecular complexity index is 489. The van der Waals surface area contributed by atoms with Crippen LogP contribution in [0.4, 0.5) is 0 Å². The van der Waals surface area contributed by atoms with Gasteiger partial charge in [-0.15, -0.1) is 24.0 Å². The number of nitrogens with one attached hydrogen (secondary N) is 2. The van der Waals surface area contributed by atoms with E-state index in [1.165, 1.54) is 4.31 Å². The van der Waals surface area contributed by atoms with Crippen molar-refractivity contribution in [1.29, 1.82) is 0 Å². The van der Waals surface area contributed by atoms with E-state index in [4.69, 9.17) is 4.74 Å². The van der Waals surface area contributed by atoms with Crippen molar-refractivity contribution in [2.75, 3.05) is 32.4 Å². The number of ether oxygens (including phenoxy) is 1. The third-order valence-electron chi connectivity index (χ3n) is 4.02. The molecule has 1 aliphatic heterocycles. The molecule has 144 valence electrons. The lowest BCUT2D eigenvalue weighted by Crippen LogP contribution is -2.50. The van der Waals surface area contributed by atoms with Gasteiger partial charge in [-0.2, -0.15) is 4.31 Å². The molecule has 0 aliphatic carbocycles. The van der Waals surface area contributed by atoms with E-state index in [1.54, 1.807) is 7.05 Å². The molecule has 9 heteroatoms. The van der Waals surface area contributed by atoms with E-state index < -0.39 is 10.0 Å². The molecule has 0 saturated carbocycles. The van der Waals surface area contributed by atoms with E-state index in [0.717, 1.165) is 0 Å². The van der Waals surface area contributed by atoms with Crippen LogP contribution >= 0.6 is 24.0 Å². The zero-order valence-corrected chi connectivity index (χ0v) is 18.7. The molecule has 7 nitrogen and oxygen atoms in total. The van der Waals surface area contributed by atoms with E-state index in [9.17, 15) is 8.42 Å². The summed E-state index contributed by atoms with van der Waals surface area (Å²) >= 11 is 0. The molecule has 3 atom stereocenters. The van der Waals surface area contributed by atoms with Crippen LogP contribution in [0.2, 0.25) is 0 Å². The molecule has 0 aromatic carbocycles. The summed E-state index contributed by atoms with van der Waals surface area (Å²) in [6.07, 6.45) is -0.134. The number of hydrogen-bond acceptors (Lipinski definition) is 4. The summed E-state index contributed by atoms with van der Waals surface area (Å²) in [6.45, 7) is 11.3. The van der Waals surface area contributed by atoms with Crippen molar-refractivity contribution in [2.45, 2.75) is 52.9 Å². The normalized spacial score (nSPS) is 24.4. The van der Waals surface area contributed by atoms with E-state index in [-0.39, 0.29) is 48.0 Å². The minimum atomic E-state index is -3.29. The molecule has 3 unspecified atom stereocenters. The molecule has 0 aromatic rings. The van der Waals surface area contributed by atoms with Crippen LogP contribution in [0, 0.1) is 5.92 Å². The maximum absolute atomic E-state index is 12.4. The molecule has 1 heterocycles. The van der Waals surface area contributed by atoms with Gasteiger partial charge in [-0.3, -0.25) is 4.99 Å². The Kier molecular flexibility index (Phi) is 10.7. The van der Waals surface area contributed by atoms with Gasteiger partial charge in [0.15, 0.2) is 5.96 Å². The zero-order valence-electron chi connectivity index (χ0n) is 15.6. The number of rotatable bonds is 6. The zero-order chi connectivity index (χ0) is 17.6. The fourth-order valence-corrected chi connectivity index (χ4v) is 3.85. The first-order valence-electron chi connectivity index (χ1n) is 8.26. The molecule has 0 spiro atoms. The van der Waals surface area contributed by atoms with E-state index in [2.05, 4.69) is 36.4 Å². The lowest BCUT2D eigenvalue weighted by molar-refractivity contribution is -0.0440. The average Bonchev–Trinajstić information content (AvgIpc) is 2.44. The number of aliphatic imine (C=N–C) groups is 1. The molecular formula is C15H33IN4O3S. The Morgan fingerprint density at radius 2 is 1.79 bits per heavy atom. The molecule has 1 fully saturated rings. The van der Waals surface area contributed by atoms with Crippen LogP contribution in [0.3, 0.4) is 0 Å². The van der Waals surface area contributed by atoms with E-state index in [0.29, 0.717) is 31.5 Å². The fourth-order valence-electron chi connectivity index (χ4n) is 2.36. The summed E-state index contributed by atoms with van der Waals surface area (Å²) in [7, 11) is -1.61. The Balaban J connectivity index is 0.00000529. The first kappa shape index (κ1) is 23.9. The maximum atomic E-state index is 12.4. The van der Waals surface area contributed by atoms with Crippen LogP contribution in [0.5, 0.6) is 0 Å². The minimum Gasteiger partial charge on any atom is -0.373 e. The van der Waals surface area contributed by atoms with Crippen molar-refractivity contribution in [2.24, 2.45) is 10.9 Å². The Hall–Kier alpha value is -0.130. The summed E-state index contributed by atoms with van der Waals surface area (Å²) in [5, 5.41) is 6.33. The summed E-state index contributed by atoms with van der Waals surface area (Å²) in [4.78, 5) is 4.13. The summed E-state index contributed by atoms with van der Waals surface area (Å²) < 4.78 is 32.0. The lowest BCUT2D eigenvalue weighted by Gasteiger charge is -2.34. The van der Waals surface area contributed by atoms with Gasteiger partial charge < -0.3 is 15.4 Å². The third-order valence-corrected chi connectivity index (χ3v) is 5.82. The highest BCUT2D eigenvalue weighted by Gasteiger charge is 2.30. The van der Waals surface area contributed by atoms with Gasteiger partial charge in [-0.05, 0) is 26.7 Å². The highest BCUT2D eigenvalue weighted by molar-refractivity contribution is 14.0. The molecule has 0 radical (unpaired) electrons. The monoisotopic (exact) mass is 476 g/mol. The fraction of sp³-hybridized carbons (Fsp3) is 0.933. The molecule has 0 bridgehead atoms. The molecule has 2 N–H and O–H groups in total. The van der Waals surface area contributed by atoms with Gasteiger partial charge in [-0.1, -0.05) is 13.8 Å². The van der Waals surface area contributed by atoms with E-state index in [1.807, 2.05) is 13.8 Å². The van der Waals surface area contributed by atoms with Crippen LogP contribution < -0.4 is 10.6 Å². The standard InChI is InChI=1S/C15H32N4O3S.HI/c1-11(2)14(5)18-15(16-6)17-7-8-23(20,21)19-9-12(3)22-13(4)10-19;/h11-14H,7-10H2,1-6H3,(H2,16,17,18);1H. The van der Waals surface area contributed by atoms with Crippen LogP contribution in [-0.2, 0) is 14.8 Å². The summed E-state index contributed by atoms with van der Waals surface area (Å²) in [6, 6.07) is 0.263. The minimum absolute atomic E-state index is 0. The predicted molar refractivity (Wildman–Crippen MR) is 110 cm³/mol. The van der Waals surface area contributed by atoms with Crippen LogP contribution in [-0.4, -0.2) is 69.4 Å². The third kappa shape index (κ3) is 7.83. The molecule has 0 amide bonds. The maximum Gasteiger partial charge on any atom is 0.216 e. The highest BCUT2D eigenvalue weighted by atomic mass is 127. The Morgan fingerprint density at radius 1 is 1.25 bits per heavy atom. The molecule has 1 aliphatic rings. The molecule has 24 heavy (non-hydrogen) atoms. The van der Waals surface area contributed by atoms with Crippen molar-refractivity contribution in [3.63, 3.8) is 0 Å². The van der Waals surface area contributed by atoms with Gasteiger partial charge in [0.05, 0.1) is 18.0 Å². The van der Waals surface area contributed by atoms with Crippen molar-refractivity contribution in [1.82, 2.24) is 14.9 Å². The van der Waals surface area contributed by atoms with Gasteiger partial charge in [0.1, 0.15) is 0 Å². The highest BCUT2D eigenvalue weighted by Crippen LogP contribution is 2.14. The number of nitrogens with zero attached hydrogens (tertiary/aromatic N) is 2.